The highest BCUT2D eigenvalue weighted by molar-refractivity contribution is 7.22. The topological polar surface area (TPSA) is 62.7 Å². The number of carbonyl (C=O) groups is 1. The molecule has 0 aliphatic carbocycles. The molecule has 0 aliphatic heterocycles. The maximum Gasteiger partial charge on any atom is 0.335 e. The van der Waals surface area contributed by atoms with Crippen LogP contribution in [0, 0.1) is 0 Å². The molecule has 1 atom stereocenters. The molecule has 7 heteroatoms. The van der Waals surface area contributed by atoms with Crippen LogP contribution >= 0.6 is 22.9 Å². The number of carboxylic acid groups (broad SMARTS) is 1. The summed E-state index contributed by atoms with van der Waals surface area (Å²) in [6.07, 6.45) is 0.832. The van der Waals surface area contributed by atoms with Gasteiger partial charge in [-0.1, -0.05) is 47.2 Å². The number of aromatic carboxylic acids is 1. The van der Waals surface area contributed by atoms with Crippen LogP contribution in [0.5, 0.6) is 5.75 Å². The van der Waals surface area contributed by atoms with Gasteiger partial charge >= 0.3 is 5.97 Å². The van der Waals surface area contributed by atoms with E-state index in [2.05, 4.69) is 24.0 Å². The second kappa shape index (κ2) is 9.59. The second-order valence-corrected chi connectivity index (χ2v) is 8.95. The van der Waals surface area contributed by atoms with Gasteiger partial charge < -0.3 is 14.7 Å². The van der Waals surface area contributed by atoms with E-state index in [1.165, 1.54) is 5.56 Å². The van der Waals surface area contributed by atoms with Crippen LogP contribution in [0.15, 0.2) is 66.7 Å². The van der Waals surface area contributed by atoms with Crippen LogP contribution in [0.1, 0.15) is 34.5 Å². The SMILES string of the molecule is COc1ccc(CCN(c2nc3ccc(Cl)cc3s2)C(C)c2ccc(C(=O)O)cc2)cc1. The molecule has 4 rings (SSSR count). The van der Waals surface area contributed by atoms with Crippen LogP contribution in [0.2, 0.25) is 5.02 Å². The number of halogens is 1. The summed E-state index contributed by atoms with van der Waals surface area (Å²) in [7, 11) is 1.66. The molecule has 1 heterocycles. The first kappa shape index (κ1) is 22.1. The highest BCUT2D eigenvalue weighted by atomic mass is 35.5. The Morgan fingerprint density at radius 3 is 2.50 bits per heavy atom. The fraction of sp³-hybridized carbons (Fsp3) is 0.200. The van der Waals surface area contributed by atoms with Gasteiger partial charge in [-0.2, -0.15) is 0 Å². The Labute approximate surface area is 195 Å². The van der Waals surface area contributed by atoms with E-state index in [0.717, 1.165) is 39.6 Å². The van der Waals surface area contributed by atoms with Crippen LogP contribution in [-0.4, -0.2) is 29.7 Å². The third kappa shape index (κ3) is 4.87. The van der Waals surface area contributed by atoms with Crippen molar-refractivity contribution in [2.45, 2.75) is 19.4 Å². The molecule has 1 aromatic heterocycles. The molecule has 3 aromatic carbocycles. The Morgan fingerprint density at radius 1 is 1.12 bits per heavy atom. The number of carboxylic acids is 1. The number of nitrogens with zero attached hydrogens (tertiary/aromatic N) is 2. The van der Waals surface area contributed by atoms with Crippen molar-refractivity contribution in [3.8, 4) is 5.75 Å². The first-order chi connectivity index (χ1) is 15.4. The van der Waals surface area contributed by atoms with E-state index in [1.807, 2.05) is 42.5 Å². The number of fused-ring (bicyclic) bond motifs is 1. The van der Waals surface area contributed by atoms with Gasteiger partial charge in [0.05, 0.1) is 28.9 Å². The Hall–Kier alpha value is -3.09. The number of methoxy groups -OCH3 is 1. The van der Waals surface area contributed by atoms with Crippen LogP contribution < -0.4 is 9.64 Å². The maximum absolute atomic E-state index is 11.2. The third-order valence-corrected chi connectivity index (χ3v) is 6.78. The van der Waals surface area contributed by atoms with E-state index >= 15 is 0 Å². The lowest BCUT2D eigenvalue weighted by molar-refractivity contribution is 0.0697. The molecule has 5 nitrogen and oxygen atoms in total. The quantitative estimate of drug-likeness (QED) is 0.322. The molecule has 164 valence electrons. The fourth-order valence-electron chi connectivity index (χ4n) is 3.59. The lowest BCUT2D eigenvalue weighted by atomic mass is 10.0. The normalized spacial score (nSPS) is 12.0. The summed E-state index contributed by atoms with van der Waals surface area (Å²) < 4.78 is 6.30. The lowest BCUT2D eigenvalue weighted by Crippen LogP contribution is -2.29. The Morgan fingerprint density at radius 2 is 1.84 bits per heavy atom. The second-order valence-electron chi connectivity index (χ2n) is 7.50. The summed E-state index contributed by atoms with van der Waals surface area (Å²) in [5.41, 5.74) is 3.42. The van der Waals surface area contributed by atoms with Gasteiger partial charge in [0, 0.05) is 11.6 Å². The number of hydrogen-bond donors (Lipinski definition) is 1. The molecule has 1 N–H and O–H groups in total. The van der Waals surface area contributed by atoms with Gasteiger partial charge in [-0.25, -0.2) is 9.78 Å². The van der Waals surface area contributed by atoms with E-state index in [0.29, 0.717) is 5.02 Å². The van der Waals surface area contributed by atoms with Crippen LogP contribution in [-0.2, 0) is 6.42 Å². The van der Waals surface area contributed by atoms with Gasteiger partial charge in [0.15, 0.2) is 5.13 Å². The van der Waals surface area contributed by atoms with Crippen molar-refractivity contribution in [2.24, 2.45) is 0 Å². The first-order valence-electron chi connectivity index (χ1n) is 10.2. The van der Waals surface area contributed by atoms with Gasteiger partial charge in [0.1, 0.15) is 5.75 Å². The van der Waals surface area contributed by atoms with Crippen molar-refractivity contribution >= 4 is 44.3 Å². The average Bonchev–Trinajstić information content (AvgIpc) is 3.22. The molecule has 32 heavy (non-hydrogen) atoms. The van der Waals surface area contributed by atoms with Crippen LogP contribution in [0.4, 0.5) is 5.13 Å². The van der Waals surface area contributed by atoms with E-state index in [9.17, 15) is 9.90 Å². The molecule has 0 aliphatic rings. The Kier molecular flexibility index (Phi) is 6.63. The molecule has 1 unspecified atom stereocenters. The van der Waals surface area contributed by atoms with Gasteiger partial charge in [0.2, 0.25) is 0 Å². The summed E-state index contributed by atoms with van der Waals surface area (Å²) in [6, 6.07) is 20.8. The zero-order valence-corrected chi connectivity index (χ0v) is 19.4. The molecular weight excluding hydrogens is 444 g/mol. The summed E-state index contributed by atoms with van der Waals surface area (Å²) in [4.78, 5) is 18.4. The fourth-order valence-corrected chi connectivity index (χ4v) is 4.94. The number of aromatic nitrogens is 1. The van der Waals surface area contributed by atoms with E-state index in [4.69, 9.17) is 21.3 Å². The van der Waals surface area contributed by atoms with Gasteiger partial charge in [-0.15, -0.1) is 0 Å². The van der Waals surface area contributed by atoms with Crippen LogP contribution in [0.3, 0.4) is 0 Å². The largest absolute Gasteiger partial charge is 0.497 e. The van der Waals surface area contributed by atoms with Gasteiger partial charge in [0.25, 0.3) is 0 Å². The predicted octanol–water partition coefficient (Wildman–Crippen LogP) is 6.47. The Balaban J connectivity index is 1.64. The molecule has 0 amide bonds. The number of ether oxygens (including phenoxy) is 1. The molecule has 0 bridgehead atoms. The highest BCUT2D eigenvalue weighted by Crippen LogP contribution is 2.35. The molecular formula is C25H23ClN2O3S. The summed E-state index contributed by atoms with van der Waals surface area (Å²) >= 11 is 7.79. The predicted molar refractivity (Wildman–Crippen MR) is 130 cm³/mol. The molecule has 0 spiro atoms. The smallest absolute Gasteiger partial charge is 0.335 e. The average molecular weight is 467 g/mol. The van der Waals surface area contributed by atoms with E-state index in [1.54, 1.807) is 30.6 Å². The minimum absolute atomic E-state index is 0.00660. The molecule has 0 saturated heterocycles. The number of rotatable bonds is 8. The summed E-state index contributed by atoms with van der Waals surface area (Å²) in [5.74, 6) is -0.0934. The van der Waals surface area contributed by atoms with Crippen molar-refractivity contribution in [2.75, 3.05) is 18.6 Å². The van der Waals surface area contributed by atoms with Crippen molar-refractivity contribution in [3.63, 3.8) is 0 Å². The van der Waals surface area contributed by atoms with E-state index < -0.39 is 5.97 Å². The zero-order valence-electron chi connectivity index (χ0n) is 17.8. The van der Waals surface area contributed by atoms with Crippen molar-refractivity contribution < 1.29 is 14.6 Å². The zero-order chi connectivity index (χ0) is 22.7. The van der Waals surface area contributed by atoms with Crippen molar-refractivity contribution in [3.05, 3.63) is 88.4 Å². The highest BCUT2D eigenvalue weighted by Gasteiger charge is 2.20. The van der Waals surface area contributed by atoms with Gasteiger partial charge in [-0.3, -0.25) is 0 Å². The Bertz CT molecular complexity index is 1220. The standard InChI is InChI=1S/C25H23ClN2O3S/c1-16(18-5-7-19(8-6-18)24(29)30)28(14-13-17-3-10-21(31-2)11-4-17)25-27-22-12-9-20(26)15-23(22)32-25/h3-12,15-16H,13-14H2,1-2H3,(H,29,30). The minimum Gasteiger partial charge on any atom is -0.497 e. The molecule has 0 fully saturated rings. The lowest BCUT2D eigenvalue weighted by Gasteiger charge is -2.29. The molecule has 0 saturated carbocycles. The number of anilines is 1. The monoisotopic (exact) mass is 466 g/mol. The number of benzene rings is 3. The summed E-state index contributed by atoms with van der Waals surface area (Å²) in [5, 5.41) is 10.8. The van der Waals surface area contributed by atoms with Crippen LogP contribution in [0.25, 0.3) is 10.2 Å². The summed E-state index contributed by atoms with van der Waals surface area (Å²) in [6.45, 7) is 2.87. The molecule has 4 aromatic rings. The third-order valence-electron chi connectivity index (χ3n) is 5.49. The van der Waals surface area contributed by atoms with Crippen molar-refractivity contribution in [1.82, 2.24) is 4.98 Å². The minimum atomic E-state index is -0.927. The number of hydrogen-bond acceptors (Lipinski definition) is 5. The number of thiazole rings is 1. The molecule has 0 radical (unpaired) electrons. The van der Waals surface area contributed by atoms with Gasteiger partial charge in [-0.05, 0) is 66.9 Å². The van der Waals surface area contributed by atoms with Crippen molar-refractivity contribution in [1.29, 1.82) is 0 Å². The first-order valence-corrected chi connectivity index (χ1v) is 11.4. The van der Waals surface area contributed by atoms with E-state index in [-0.39, 0.29) is 11.6 Å². The maximum atomic E-state index is 11.2.